The molecule has 0 saturated heterocycles. The van der Waals surface area contributed by atoms with Gasteiger partial charge in [0.1, 0.15) is 11.4 Å². The minimum absolute atomic E-state index is 0.0755. The molecule has 0 aliphatic heterocycles. The second-order valence-electron chi connectivity index (χ2n) is 4.57. The molecule has 1 aliphatic carbocycles. The first kappa shape index (κ1) is 12.4. The third-order valence-electron chi connectivity index (χ3n) is 3.46. The number of carboxylic acid groups (broad SMARTS) is 1. The van der Waals surface area contributed by atoms with Crippen LogP contribution in [0.15, 0.2) is 23.0 Å². The molecule has 1 aromatic heterocycles. The van der Waals surface area contributed by atoms with E-state index in [2.05, 4.69) is 9.97 Å². The number of aromatic amines is 1. The summed E-state index contributed by atoms with van der Waals surface area (Å²) in [6.07, 6.45) is 1.25. The number of nitrogens with zero attached hydrogens (tertiary/aromatic N) is 1. The van der Waals surface area contributed by atoms with Crippen molar-refractivity contribution in [3.8, 4) is 17.0 Å². The van der Waals surface area contributed by atoms with E-state index in [4.69, 9.17) is 4.74 Å². The maximum Gasteiger partial charge on any atom is 0.352 e. The van der Waals surface area contributed by atoms with Crippen LogP contribution in [0.1, 0.15) is 21.6 Å². The number of ether oxygens (including phenoxy) is 1. The lowest BCUT2D eigenvalue weighted by Gasteiger charge is -2.20. The van der Waals surface area contributed by atoms with Gasteiger partial charge in [-0.2, -0.15) is 4.98 Å². The van der Waals surface area contributed by atoms with E-state index in [1.54, 1.807) is 13.2 Å². The molecule has 0 saturated carbocycles. The molecular weight excluding hydrogens is 260 g/mol. The zero-order valence-electron chi connectivity index (χ0n) is 10.8. The van der Waals surface area contributed by atoms with Crippen LogP contribution in [-0.4, -0.2) is 28.2 Å². The highest BCUT2D eigenvalue weighted by Gasteiger charge is 2.24. The number of fused-ring (bicyclic) bond motifs is 3. The van der Waals surface area contributed by atoms with Crippen LogP contribution in [0, 0.1) is 0 Å². The molecule has 102 valence electrons. The highest BCUT2D eigenvalue weighted by atomic mass is 16.5. The molecule has 1 heterocycles. The Bertz CT molecular complexity index is 764. The number of H-pyrrole nitrogens is 1. The van der Waals surface area contributed by atoms with Gasteiger partial charge in [0.05, 0.1) is 12.8 Å². The number of carbonyl (C=O) groups is 1. The van der Waals surface area contributed by atoms with E-state index in [9.17, 15) is 14.7 Å². The van der Waals surface area contributed by atoms with Crippen LogP contribution in [0.4, 0.5) is 0 Å². The Kier molecular flexibility index (Phi) is 2.78. The number of methoxy groups -OCH3 is 1. The Morgan fingerprint density at radius 2 is 2.20 bits per heavy atom. The second kappa shape index (κ2) is 4.48. The van der Waals surface area contributed by atoms with E-state index in [1.165, 1.54) is 0 Å². The van der Waals surface area contributed by atoms with Gasteiger partial charge < -0.3 is 9.84 Å². The molecule has 0 spiro atoms. The summed E-state index contributed by atoms with van der Waals surface area (Å²) in [5.74, 6) is -0.498. The Morgan fingerprint density at radius 1 is 1.40 bits per heavy atom. The van der Waals surface area contributed by atoms with Crippen LogP contribution in [0.5, 0.6) is 5.75 Å². The largest absolute Gasteiger partial charge is 0.497 e. The van der Waals surface area contributed by atoms with Crippen LogP contribution in [-0.2, 0) is 12.8 Å². The first-order valence-electron chi connectivity index (χ1n) is 6.14. The fourth-order valence-electron chi connectivity index (χ4n) is 2.53. The Balaban J connectivity index is 2.31. The lowest BCUT2D eigenvalue weighted by Crippen LogP contribution is -2.23. The fraction of sp³-hybridized carbons (Fsp3) is 0.214. The quantitative estimate of drug-likeness (QED) is 0.858. The Morgan fingerprint density at radius 3 is 2.90 bits per heavy atom. The Labute approximate surface area is 114 Å². The number of aromatic nitrogens is 2. The standard InChI is InChI=1S/C14H12N2O4/c1-20-8-4-2-7-3-5-9-11(10(7)6-8)15-14(19)16-12(9)13(17)18/h2,4,6H,3,5H2,1H3,(H,17,18)(H,15,16,19). The predicted molar refractivity (Wildman–Crippen MR) is 71.2 cm³/mol. The molecule has 0 unspecified atom stereocenters. The van der Waals surface area contributed by atoms with Crippen LogP contribution in [0.2, 0.25) is 0 Å². The van der Waals surface area contributed by atoms with Gasteiger partial charge in [-0.3, -0.25) is 4.98 Å². The van der Waals surface area contributed by atoms with Crippen molar-refractivity contribution < 1.29 is 14.6 Å². The monoisotopic (exact) mass is 272 g/mol. The van der Waals surface area contributed by atoms with E-state index < -0.39 is 11.7 Å². The van der Waals surface area contributed by atoms with E-state index in [0.29, 0.717) is 29.8 Å². The Hall–Kier alpha value is -2.63. The van der Waals surface area contributed by atoms with Gasteiger partial charge >= 0.3 is 11.7 Å². The SMILES string of the molecule is COc1ccc2c(c1)-c1nc(=O)[nH]c(C(=O)O)c1CC2. The molecule has 0 radical (unpaired) electrons. The topological polar surface area (TPSA) is 92.3 Å². The van der Waals surface area contributed by atoms with Gasteiger partial charge in [-0.15, -0.1) is 0 Å². The van der Waals surface area contributed by atoms with E-state index in [1.807, 2.05) is 12.1 Å². The van der Waals surface area contributed by atoms with Gasteiger partial charge in [-0.25, -0.2) is 9.59 Å². The number of hydrogen-bond acceptors (Lipinski definition) is 4. The molecule has 3 rings (SSSR count). The summed E-state index contributed by atoms with van der Waals surface area (Å²) >= 11 is 0. The summed E-state index contributed by atoms with van der Waals surface area (Å²) in [6.45, 7) is 0. The van der Waals surface area contributed by atoms with Crippen molar-refractivity contribution in [2.75, 3.05) is 7.11 Å². The second-order valence-corrected chi connectivity index (χ2v) is 4.57. The van der Waals surface area contributed by atoms with E-state index in [-0.39, 0.29) is 5.69 Å². The minimum Gasteiger partial charge on any atom is -0.497 e. The number of benzene rings is 1. The zero-order chi connectivity index (χ0) is 14.3. The van der Waals surface area contributed by atoms with E-state index >= 15 is 0 Å². The molecule has 0 fully saturated rings. The van der Waals surface area contributed by atoms with Crippen molar-refractivity contribution in [3.05, 3.63) is 45.5 Å². The molecule has 20 heavy (non-hydrogen) atoms. The van der Waals surface area contributed by atoms with Crippen molar-refractivity contribution in [1.82, 2.24) is 9.97 Å². The highest BCUT2D eigenvalue weighted by Crippen LogP contribution is 2.34. The lowest BCUT2D eigenvalue weighted by atomic mass is 9.88. The smallest absolute Gasteiger partial charge is 0.352 e. The van der Waals surface area contributed by atoms with Crippen LogP contribution in [0.25, 0.3) is 11.3 Å². The molecule has 1 aliphatic rings. The molecule has 6 heteroatoms. The number of aryl methyl sites for hydroxylation is 1. The average Bonchev–Trinajstić information content (AvgIpc) is 2.45. The van der Waals surface area contributed by atoms with Crippen molar-refractivity contribution >= 4 is 5.97 Å². The van der Waals surface area contributed by atoms with Crippen molar-refractivity contribution in [1.29, 1.82) is 0 Å². The molecule has 2 aromatic rings. The number of aromatic carboxylic acids is 1. The summed E-state index contributed by atoms with van der Waals surface area (Å²) < 4.78 is 5.17. The van der Waals surface area contributed by atoms with Crippen molar-refractivity contribution in [2.45, 2.75) is 12.8 Å². The van der Waals surface area contributed by atoms with Crippen molar-refractivity contribution in [2.24, 2.45) is 0 Å². The fourth-order valence-corrected chi connectivity index (χ4v) is 2.53. The van der Waals surface area contributed by atoms with Gasteiger partial charge in [-0.1, -0.05) is 6.07 Å². The summed E-state index contributed by atoms with van der Waals surface area (Å²) in [5.41, 5.74) is 2.07. The van der Waals surface area contributed by atoms with Crippen LogP contribution >= 0.6 is 0 Å². The molecule has 0 bridgehead atoms. The molecule has 0 atom stereocenters. The van der Waals surface area contributed by atoms with Gasteiger partial charge in [0.15, 0.2) is 0 Å². The number of hydrogen-bond donors (Lipinski definition) is 2. The van der Waals surface area contributed by atoms with Crippen molar-refractivity contribution in [3.63, 3.8) is 0 Å². The van der Waals surface area contributed by atoms with Gasteiger partial charge in [0.2, 0.25) is 0 Å². The number of carboxylic acids is 1. The van der Waals surface area contributed by atoms with Gasteiger partial charge in [-0.05, 0) is 30.5 Å². The number of rotatable bonds is 2. The zero-order valence-corrected chi connectivity index (χ0v) is 10.8. The molecular formula is C14H12N2O4. The van der Waals surface area contributed by atoms with E-state index in [0.717, 1.165) is 11.1 Å². The summed E-state index contributed by atoms with van der Waals surface area (Å²) in [7, 11) is 1.55. The molecule has 2 N–H and O–H groups in total. The first-order valence-corrected chi connectivity index (χ1v) is 6.14. The summed E-state index contributed by atoms with van der Waals surface area (Å²) in [5, 5.41) is 9.19. The maximum absolute atomic E-state index is 11.6. The van der Waals surface area contributed by atoms with Gasteiger partial charge in [0, 0.05) is 11.1 Å². The predicted octanol–water partition coefficient (Wildman–Crippen LogP) is 1.24. The third kappa shape index (κ3) is 1.85. The molecule has 0 amide bonds. The maximum atomic E-state index is 11.6. The molecule has 6 nitrogen and oxygen atoms in total. The van der Waals surface area contributed by atoms with Gasteiger partial charge in [0.25, 0.3) is 0 Å². The average molecular weight is 272 g/mol. The summed E-state index contributed by atoms with van der Waals surface area (Å²) in [6, 6.07) is 5.54. The minimum atomic E-state index is -1.15. The lowest BCUT2D eigenvalue weighted by molar-refractivity contribution is 0.0688. The first-order chi connectivity index (χ1) is 9.60. The van der Waals surface area contributed by atoms with Crippen LogP contribution < -0.4 is 10.4 Å². The molecule has 1 aromatic carbocycles. The normalized spacial score (nSPS) is 12.4. The third-order valence-corrected chi connectivity index (χ3v) is 3.46. The highest BCUT2D eigenvalue weighted by molar-refractivity contribution is 5.90. The number of nitrogens with one attached hydrogen (secondary N) is 1. The van der Waals surface area contributed by atoms with Crippen LogP contribution in [0.3, 0.4) is 0 Å². The summed E-state index contributed by atoms with van der Waals surface area (Å²) in [4.78, 5) is 29.0.